The van der Waals surface area contributed by atoms with E-state index in [1.54, 1.807) is 6.07 Å². The molecule has 3 rings (SSSR count). The summed E-state index contributed by atoms with van der Waals surface area (Å²) in [5.41, 5.74) is -0.172. The van der Waals surface area contributed by atoms with Crippen LogP contribution in [0.15, 0.2) is 71.3 Å². The molecule has 1 heterocycles. The van der Waals surface area contributed by atoms with Gasteiger partial charge < -0.3 is 25.1 Å². The van der Waals surface area contributed by atoms with Gasteiger partial charge in [0, 0.05) is 24.3 Å². The highest BCUT2D eigenvalue weighted by molar-refractivity contribution is 5.96. The van der Waals surface area contributed by atoms with Gasteiger partial charge in [0.15, 0.2) is 12.4 Å². The van der Waals surface area contributed by atoms with E-state index >= 15 is 0 Å². The molecule has 0 fully saturated rings. The van der Waals surface area contributed by atoms with E-state index in [0.29, 0.717) is 11.3 Å². The highest BCUT2D eigenvalue weighted by Crippen LogP contribution is 2.31. The lowest BCUT2D eigenvalue weighted by Crippen LogP contribution is -2.34. The summed E-state index contributed by atoms with van der Waals surface area (Å²) in [5, 5.41) is 7.76. The van der Waals surface area contributed by atoms with Crippen molar-refractivity contribution in [3.63, 3.8) is 0 Å². The Morgan fingerprint density at radius 1 is 0.882 bits per heavy atom. The molecule has 0 bridgehead atoms. The van der Waals surface area contributed by atoms with Gasteiger partial charge >= 0.3 is 6.18 Å². The van der Waals surface area contributed by atoms with Gasteiger partial charge in [0.2, 0.25) is 0 Å². The zero-order chi connectivity index (χ0) is 24.6. The van der Waals surface area contributed by atoms with Gasteiger partial charge in [-0.25, -0.2) is 0 Å². The first-order valence-corrected chi connectivity index (χ1v) is 10.0. The molecule has 8 nitrogen and oxygen atoms in total. The molecule has 178 valence electrons. The molecular formula is C23H20F3N3O5. The van der Waals surface area contributed by atoms with Crippen molar-refractivity contribution in [2.24, 2.45) is 0 Å². The third kappa shape index (κ3) is 7.12. The third-order valence-electron chi connectivity index (χ3n) is 4.40. The lowest BCUT2D eigenvalue weighted by Gasteiger charge is -2.11. The topological polar surface area (TPSA) is 110 Å². The number of hydrogen-bond acceptors (Lipinski definition) is 5. The summed E-state index contributed by atoms with van der Waals surface area (Å²) in [6, 6.07) is 13.3. The molecule has 0 aliphatic carbocycles. The number of hydrogen-bond donors (Lipinski definition) is 3. The van der Waals surface area contributed by atoms with E-state index in [4.69, 9.17) is 9.15 Å². The molecular weight excluding hydrogens is 455 g/mol. The van der Waals surface area contributed by atoms with Crippen molar-refractivity contribution in [3.8, 4) is 5.75 Å². The number of alkyl halides is 3. The molecule has 11 heteroatoms. The van der Waals surface area contributed by atoms with Crippen LogP contribution in [0.3, 0.4) is 0 Å². The summed E-state index contributed by atoms with van der Waals surface area (Å²) in [6.07, 6.45) is -3.13. The second kappa shape index (κ2) is 11.0. The minimum atomic E-state index is -4.51. The fourth-order valence-electron chi connectivity index (χ4n) is 2.76. The fourth-order valence-corrected chi connectivity index (χ4v) is 2.76. The number of carbonyl (C=O) groups excluding carboxylic acids is 3. The van der Waals surface area contributed by atoms with Crippen molar-refractivity contribution < 1.29 is 36.7 Å². The zero-order valence-corrected chi connectivity index (χ0v) is 17.6. The minimum Gasteiger partial charge on any atom is -0.484 e. The van der Waals surface area contributed by atoms with Crippen molar-refractivity contribution in [3.05, 3.63) is 83.8 Å². The molecule has 3 N–H and O–H groups in total. The molecule has 0 radical (unpaired) electrons. The number of rotatable bonds is 9. The normalized spacial score (nSPS) is 10.9. The second-order valence-electron chi connectivity index (χ2n) is 6.93. The second-order valence-corrected chi connectivity index (χ2v) is 6.93. The Labute approximate surface area is 192 Å². The van der Waals surface area contributed by atoms with Gasteiger partial charge in [0.25, 0.3) is 17.7 Å². The van der Waals surface area contributed by atoms with E-state index in [1.807, 2.05) is 0 Å². The highest BCUT2D eigenvalue weighted by atomic mass is 19.4. The van der Waals surface area contributed by atoms with Crippen molar-refractivity contribution in [1.82, 2.24) is 10.6 Å². The van der Waals surface area contributed by atoms with Crippen molar-refractivity contribution >= 4 is 23.4 Å². The van der Waals surface area contributed by atoms with E-state index in [2.05, 4.69) is 16.0 Å². The molecule has 0 aliphatic rings. The number of carbonyl (C=O) groups is 3. The van der Waals surface area contributed by atoms with Crippen LogP contribution in [0.5, 0.6) is 5.75 Å². The minimum absolute atomic E-state index is 0.0858. The SMILES string of the molecule is O=C(COc1cccc(C(F)(F)F)c1)Nc1ccc(C(=O)NCCNC(=O)c2ccco2)cc1. The number of furan rings is 1. The molecule has 0 atom stereocenters. The van der Waals surface area contributed by atoms with Crippen LogP contribution in [-0.2, 0) is 11.0 Å². The Bertz CT molecular complexity index is 1130. The van der Waals surface area contributed by atoms with Crippen LogP contribution in [0.4, 0.5) is 18.9 Å². The maximum absolute atomic E-state index is 12.7. The van der Waals surface area contributed by atoms with Crippen molar-refractivity contribution in [1.29, 1.82) is 0 Å². The van der Waals surface area contributed by atoms with Crippen LogP contribution in [0.1, 0.15) is 26.5 Å². The third-order valence-corrected chi connectivity index (χ3v) is 4.40. The summed E-state index contributed by atoms with van der Waals surface area (Å²) in [5.74, 6) is -1.27. The lowest BCUT2D eigenvalue weighted by atomic mass is 10.2. The molecule has 2 aromatic carbocycles. The predicted molar refractivity (Wildman–Crippen MR) is 115 cm³/mol. The van der Waals surface area contributed by atoms with Crippen LogP contribution in [0.25, 0.3) is 0 Å². The lowest BCUT2D eigenvalue weighted by molar-refractivity contribution is -0.137. The summed E-state index contributed by atoms with van der Waals surface area (Å²) >= 11 is 0. The molecule has 3 aromatic rings. The maximum Gasteiger partial charge on any atom is 0.416 e. The molecule has 34 heavy (non-hydrogen) atoms. The number of benzene rings is 2. The Balaban J connectivity index is 1.41. The Morgan fingerprint density at radius 2 is 1.59 bits per heavy atom. The van der Waals surface area contributed by atoms with E-state index in [-0.39, 0.29) is 30.5 Å². The zero-order valence-electron chi connectivity index (χ0n) is 17.6. The summed E-state index contributed by atoms with van der Waals surface area (Å²) < 4.78 is 48.3. The number of amides is 3. The number of ether oxygens (including phenoxy) is 1. The number of halogens is 3. The first kappa shape index (κ1) is 24.4. The highest BCUT2D eigenvalue weighted by Gasteiger charge is 2.30. The smallest absolute Gasteiger partial charge is 0.416 e. The molecule has 3 amide bonds. The predicted octanol–water partition coefficient (Wildman–Crippen LogP) is 3.48. The average molecular weight is 475 g/mol. The Hall–Kier alpha value is -4.28. The Morgan fingerprint density at radius 3 is 2.24 bits per heavy atom. The first-order valence-electron chi connectivity index (χ1n) is 10.0. The first-order chi connectivity index (χ1) is 16.2. The summed E-state index contributed by atoms with van der Waals surface area (Å²) in [4.78, 5) is 35.9. The molecule has 1 aromatic heterocycles. The van der Waals surface area contributed by atoms with Crippen LogP contribution >= 0.6 is 0 Å². The average Bonchev–Trinajstić information content (AvgIpc) is 3.36. The fraction of sp³-hybridized carbons (Fsp3) is 0.174. The van der Waals surface area contributed by atoms with E-state index in [9.17, 15) is 27.6 Å². The molecule has 0 saturated heterocycles. The van der Waals surface area contributed by atoms with Gasteiger partial charge in [0.05, 0.1) is 11.8 Å². The van der Waals surface area contributed by atoms with Gasteiger partial charge in [0.1, 0.15) is 5.75 Å². The summed E-state index contributed by atoms with van der Waals surface area (Å²) in [6.45, 7) is -0.102. The quantitative estimate of drug-likeness (QED) is 0.411. The standard InChI is InChI=1S/C23H20F3N3O5/c24-23(25,26)16-3-1-4-18(13-16)34-14-20(30)29-17-8-6-15(7-9-17)21(31)27-10-11-28-22(32)19-5-2-12-33-19/h1-9,12-13H,10-11,14H2,(H,27,31)(H,28,32)(H,29,30). The van der Waals surface area contributed by atoms with Crippen molar-refractivity contribution in [2.75, 3.05) is 25.0 Å². The molecule has 0 saturated carbocycles. The van der Waals surface area contributed by atoms with Gasteiger partial charge in [-0.15, -0.1) is 0 Å². The van der Waals surface area contributed by atoms with Crippen LogP contribution in [0, 0.1) is 0 Å². The van der Waals surface area contributed by atoms with Gasteiger partial charge in [-0.2, -0.15) is 13.2 Å². The summed E-state index contributed by atoms with van der Waals surface area (Å²) in [7, 11) is 0. The van der Waals surface area contributed by atoms with E-state index < -0.39 is 30.2 Å². The molecule has 0 aliphatic heterocycles. The van der Waals surface area contributed by atoms with Gasteiger partial charge in [-0.05, 0) is 54.6 Å². The number of anilines is 1. The molecule has 0 spiro atoms. The number of nitrogens with one attached hydrogen (secondary N) is 3. The maximum atomic E-state index is 12.7. The largest absolute Gasteiger partial charge is 0.484 e. The van der Waals surface area contributed by atoms with Crippen LogP contribution in [0.2, 0.25) is 0 Å². The van der Waals surface area contributed by atoms with Crippen LogP contribution in [-0.4, -0.2) is 37.4 Å². The monoisotopic (exact) mass is 475 g/mol. The van der Waals surface area contributed by atoms with Gasteiger partial charge in [-0.1, -0.05) is 6.07 Å². The Kier molecular flexibility index (Phi) is 7.91. The molecule has 0 unspecified atom stereocenters. The van der Waals surface area contributed by atoms with E-state index in [0.717, 1.165) is 12.1 Å². The van der Waals surface area contributed by atoms with Crippen LogP contribution < -0.4 is 20.7 Å². The van der Waals surface area contributed by atoms with E-state index in [1.165, 1.54) is 48.7 Å². The van der Waals surface area contributed by atoms with Crippen molar-refractivity contribution in [2.45, 2.75) is 6.18 Å². The van der Waals surface area contributed by atoms with Gasteiger partial charge in [-0.3, -0.25) is 14.4 Å².